The largest absolute Gasteiger partial charge is 0.302 e. The minimum Gasteiger partial charge on any atom is -0.302 e. The molecule has 0 amide bonds. The van der Waals surface area contributed by atoms with E-state index in [2.05, 4.69) is 31.4 Å². The molecule has 0 aliphatic carbocycles. The number of fused-ring (bicyclic) bond motifs is 2. The summed E-state index contributed by atoms with van der Waals surface area (Å²) >= 11 is 0. The van der Waals surface area contributed by atoms with E-state index in [0.717, 1.165) is 33.0 Å². The Morgan fingerprint density at radius 2 is 1.85 bits per heavy atom. The Bertz CT molecular complexity index is 1470. The Morgan fingerprint density at radius 1 is 1.03 bits per heavy atom. The molecular weight excluding hydrogens is 433 g/mol. The quantitative estimate of drug-likeness (QED) is 0.373. The lowest BCUT2D eigenvalue weighted by Gasteiger charge is -2.15. The fourth-order valence-electron chi connectivity index (χ4n) is 3.91. The van der Waals surface area contributed by atoms with Gasteiger partial charge in [-0.2, -0.15) is 0 Å². The average molecular weight is 457 g/mol. The van der Waals surface area contributed by atoms with Crippen molar-refractivity contribution in [3.63, 3.8) is 0 Å². The molecule has 166 valence electrons. The number of nitrogens with zero attached hydrogens (tertiary/aromatic N) is 6. The fourth-order valence-corrected chi connectivity index (χ4v) is 5.48. The summed E-state index contributed by atoms with van der Waals surface area (Å²) in [5, 5.41) is 13.3. The van der Waals surface area contributed by atoms with Gasteiger partial charge in [-0.1, -0.05) is 36.4 Å². The molecule has 2 aromatic carbocycles. The van der Waals surface area contributed by atoms with Crippen molar-refractivity contribution in [3.05, 3.63) is 83.8 Å². The zero-order chi connectivity index (χ0) is 22.8. The first-order valence-electron chi connectivity index (χ1n) is 10.8. The summed E-state index contributed by atoms with van der Waals surface area (Å²) in [5.41, 5.74) is 5.13. The van der Waals surface area contributed by atoms with Gasteiger partial charge < -0.3 is 4.57 Å². The van der Waals surface area contributed by atoms with Crippen LogP contribution in [0.2, 0.25) is 0 Å². The minimum atomic E-state index is -2.52. The Kier molecular flexibility index (Phi) is 5.70. The van der Waals surface area contributed by atoms with Gasteiger partial charge in [0.1, 0.15) is 0 Å². The molecule has 0 aliphatic heterocycles. The highest BCUT2D eigenvalue weighted by Crippen LogP contribution is 2.38. The molecule has 0 saturated heterocycles. The van der Waals surface area contributed by atoms with Gasteiger partial charge in [0.2, 0.25) is 5.65 Å². The highest BCUT2D eigenvalue weighted by Gasteiger charge is 2.19. The SMILES string of the molecule is CCP(=O)(NC)c1ccc(Cc2cnc3nnn(Cc4ccc5ncccc5c4)c3n2)cc1. The highest BCUT2D eigenvalue weighted by molar-refractivity contribution is 7.69. The molecule has 5 rings (SSSR count). The van der Waals surface area contributed by atoms with Gasteiger partial charge in [0.25, 0.3) is 0 Å². The second-order valence-corrected chi connectivity index (χ2v) is 11.0. The summed E-state index contributed by atoms with van der Waals surface area (Å²) < 4.78 is 14.6. The molecule has 0 radical (unpaired) electrons. The predicted octanol–water partition coefficient (Wildman–Crippen LogP) is 3.55. The van der Waals surface area contributed by atoms with E-state index in [4.69, 9.17) is 4.98 Å². The third-order valence-electron chi connectivity index (χ3n) is 5.82. The molecule has 0 spiro atoms. The second kappa shape index (κ2) is 8.81. The molecule has 3 aromatic heterocycles. The first kappa shape index (κ1) is 21.4. The Morgan fingerprint density at radius 3 is 2.64 bits per heavy atom. The standard InChI is InChI=1S/C24H24N7OP/c1-3-33(32,25-2)21-9-6-17(7-10-21)14-20-15-27-23-24(28-20)31(30-29-23)16-18-8-11-22-19(13-18)5-4-12-26-22/h4-13,15H,3,14,16H2,1-2H3,(H,25,32). The lowest BCUT2D eigenvalue weighted by molar-refractivity contribution is 0.576. The number of hydrogen-bond acceptors (Lipinski definition) is 6. The second-order valence-electron chi connectivity index (χ2n) is 7.91. The van der Waals surface area contributed by atoms with Crippen molar-refractivity contribution < 1.29 is 4.57 Å². The molecule has 8 nitrogen and oxygen atoms in total. The summed E-state index contributed by atoms with van der Waals surface area (Å²) in [6.45, 7) is 2.48. The molecule has 3 heterocycles. The van der Waals surface area contributed by atoms with E-state index in [1.165, 1.54) is 0 Å². The van der Waals surface area contributed by atoms with Crippen molar-refractivity contribution in [3.8, 4) is 0 Å². The molecule has 1 unspecified atom stereocenters. The molecule has 1 atom stereocenters. The maximum Gasteiger partial charge on any atom is 0.221 e. The molecule has 9 heteroatoms. The molecular formula is C24H24N7OP. The average Bonchev–Trinajstić information content (AvgIpc) is 3.26. The van der Waals surface area contributed by atoms with E-state index >= 15 is 0 Å². The van der Waals surface area contributed by atoms with Gasteiger partial charge in [-0.25, -0.2) is 14.6 Å². The van der Waals surface area contributed by atoms with Crippen LogP contribution in [0.25, 0.3) is 22.2 Å². The maximum absolute atomic E-state index is 12.8. The Hall–Kier alpha value is -3.48. The van der Waals surface area contributed by atoms with E-state index in [1.54, 1.807) is 24.1 Å². The van der Waals surface area contributed by atoms with Crippen LogP contribution in [-0.4, -0.2) is 43.2 Å². The lowest BCUT2D eigenvalue weighted by atomic mass is 10.1. The van der Waals surface area contributed by atoms with Crippen molar-refractivity contribution in [2.45, 2.75) is 19.9 Å². The minimum absolute atomic E-state index is 0.523. The van der Waals surface area contributed by atoms with E-state index in [9.17, 15) is 4.57 Å². The highest BCUT2D eigenvalue weighted by atomic mass is 31.2. The number of rotatable bonds is 7. The van der Waals surface area contributed by atoms with Gasteiger partial charge in [-0.3, -0.25) is 10.1 Å². The summed E-state index contributed by atoms with van der Waals surface area (Å²) in [6, 6.07) is 18.0. The zero-order valence-electron chi connectivity index (χ0n) is 18.5. The van der Waals surface area contributed by atoms with E-state index < -0.39 is 7.29 Å². The van der Waals surface area contributed by atoms with Crippen molar-refractivity contribution in [2.75, 3.05) is 13.2 Å². The van der Waals surface area contributed by atoms with Gasteiger partial charge in [-0.05, 0) is 48.5 Å². The van der Waals surface area contributed by atoms with Crippen molar-refractivity contribution in [2.24, 2.45) is 0 Å². The van der Waals surface area contributed by atoms with Crippen LogP contribution in [0.3, 0.4) is 0 Å². The van der Waals surface area contributed by atoms with Gasteiger partial charge in [0.05, 0.1) is 24.0 Å². The van der Waals surface area contributed by atoms with Crippen molar-refractivity contribution >= 4 is 34.8 Å². The van der Waals surface area contributed by atoms with Crippen LogP contribution in [-0.2, 0) is 17.5 Å². The normalized spacial score (nSPS) is 13.4. The summed E-state index contributed by atoms with van der Waals surface area (Å²) in [6.07, 6.45) is 4.73. The number of pyridine rings is 1. The molecule has 1 N–H and O–H groups in total. The topological polar surface area (TPSA) is 98.5 Å². The van der Waals surface area contributed by atoms with Crippen LogP contribution in [0.5, 0.6) is 0 Å². The van der Waals surface area contributed by atoms with Crippen LogP contribution >= 0.6 is 7.29 Å². The fraction of sp³-hybridized carbons (Fsp3) is 0.208. The monoisotopic (exact) mass is 457 g/mol. The van der Waals surface area contributed by atoms with E-state index in [1.807, 2.05) is 55.5 Å². The zero-order valence-corrected chi connectivity index (χ0v) is 19.4. The molecule has 0 bridgehead atoms. The molecule has 33 heavy (non-hydrogen) atoms. The molecule has 0 aliphatic rings. The molecule has 0 fully saturated rings. The lowest BCUT2D eigenvalue weighted by Crippen LogP contribution is -2.17. The van der Waals surface area contributed by atoms with Crippen LogP contribution in [0.1, 0.15) is 23.7 Å². The Labute approximate surface area is 191 Å². The first-order chi connectivity index (χ1) is 16.1. The van der Waals surface area contributed by atoms with Crippen LogP contribution in [0.4, 0.5) is 0 Å². The van der Waals surface area contributed by atoms with Crippen LogP contribution in [0, 0.1) is 0 Å². The molecule has 0 saturated carbocycles. The number of nitrogens with one attached hydrogen (secondary N) is 1. The van der Waals surface area contributed by atoms with Gasteiger partial charge in [-0.15, -0.1) is 5.10 Å². The van der Waals surface area contributed by atoms with E-state index in [0.29, 0.717) is 30.4 Å². The summed E-state index contributed by atoms with van der Waals surface area (Å²) in [5.74, 6) is 0. The van der Waals surface area contributed by atoms with Crippen LogP contribution in [0.15, 0.2) is 67.0 Å². The van der Waals surface area contributed by atoms with Gasteiger partial charge >= 0.3 is 0 Å². The van der Waals surface area contributed by atoms with Crippen LogP contribution < -0.4 is 10.4 Å². The summed E-state index contributed by atoms with van der Waals surface area (Å²) in [4.78, 5) is 13.6. The van der Waals surface area contributed by atoms with Gasteiger partial charge in [0.15, 0.2) is 12.9 Å². The Balaban J connectivity index is 1.39. The number of benzene rings is 2. The summed E-state index contributed by atoms with van der Waals surface area (Å²) in [7, 11) is -0.772. The third-order valence-corrected chi connectivity index (χ3v) is 8.57. The van der Waals surface area contributed by atoms with E-state index in [-0.39, 0.29) is 0 Å². The molecule has 5 aromatic rings. The van der Waals surface area contributed by atoms with Crippen molar-refractivity contribution in [1.82, 2.24) is 35.0 Å². The number of aromatic nitrogens is 6. The smallest absolute Gasteiger partial charge is 0.221 e. The number of hydrogen-bond donors (Lipinski definition) is 1. The first-order valence-corrected chi connectivity index (χ1v) is 12.7. The predicted molar refractivity (Wildman–Crippen MR) is 130 cm³/mol. The maximum atomic E-state index is 12.8. The van der Waals surface area contributed by atoms with Crippen molar-refractivity contribution in [1.29, 1.82) is 0 Å². The third kappa shape index (κ3) is 4.27. The van der Waals surface area contributed by atoms with Gasteiger partial charge in [0, 0.05) is 29.5 Å².